The molecule has 4 heteroatoms. The number of benzene rings is 1. The summed E-state index contributed by atoms with van der Waals surface area (Å²) >= 11 is 0. The number of aryl methyl sites for hydroxylation is 1. The highest BCUT2D eigenvalue weighted by atomic mass is 15.8. The smallest absolute Gasteiger partial charge is 0.0979 e. The average molecular weight is 280 g/mol. The summed E-state index contributed by atoms with van der Waals surface area (Å²) in [5, 5.41) is 18.9. The van der Waals surface area contributed by atoms with Crippen LogP contribution in [-0.4, -0.2) is 22.8 Å². The SMILES string of the molecule is Cc1ccc(N2N=C3CCCC[C@]34[C@@H](C#N)CCN24)cc1. The maximum Gasteiger partial charge on any atom is 0.0979 e. The fourth-order valence-electron chi connectivity index (χ4n) is 4.19. The van der Waals surface area contributed by atoms with Gasteiger partial charge >= 0.3 is 0 Å². The van der Waals surface area contributed by atoms with Crippen LogP contribution >= 0.6 is 0 Å². The van der Waals surface area contributed by atoms with Crippen LogP contribution in [-0.2, 0) is 0 Å². The first kappa shape index (κ1) is 12.8. The average Bonchev–Trinajstić information content (AvgIpc) is 3.01. The number of anilines is 1. The molecule has 1 aromatic rings. The molecule has 1 aromatic carbocycles. The monoisotopic (exact) mass is 280 g/mol. The molecule has 0 aromatic heterocycles. The van der Waals surface area contributed by atoms with Gasteiger partial charge in [0.05, 0.1) is 28.9 Å². The molecule has 2 fully saturated rings. The van der Waals surface area contributed by atoms with Crippen molar-refractivity contribution >= 4 is 11.4 Å². The minimum absolute atomic E-state index is 0.0898. The van der Waals surface area contributed by atoms with Crippen LogP contribution in [0.5, 0.6) is 0 Å². The van der Waals surface area contributed by atoms with Crippen LogP contribution in [0.2, 0.25) is 0 Å². The standard InChI is InChI=1S/C17H20N4/c1-13-5-7-15(8-6-13)21-19-16-4-2-3-10-17(16)14(12-18)9-11-20(17)21/h5-8,14H,2-4,9-11H2,1H3/t14-,17+/m1/s1. The van der Waals surface area contributed by atoms with E-state index in [-0.39, 0.29) is 11.5 Å². The Morgan fingerprint density at radius 2 is 2.10 bits per heavy atom. The molecule has 4 nitrogen and oxygen atoms in total. The summed E-state index contributed by atoms with van der Waals surface area (Å²) in [4.78, 5) is 0. The third-order valence-corrected chi connectivity index (χ3v) is 5.25. The second-order valence-corrected chi connectivity index (χ2v) is 6.40. The normalized spacial score (nSPS) is 31.5. The second kappa shape index (κ2) is 4.57. The molecule has 1 spiro atoms. The highest BCUT2D eigenvalue weighted by Gasteiger charge is 2.59. The first-order valence-electron chi connectivity index (χ1n) is 7.87. The second-order valence-electron chi connectivity index (χ2n) is 6.40. The molecule has 4 rings (SSSR count). The Morgan fingerprint density at radius 3 is 2.86 bits per heavy atom. The van der Waals surface area contributed by atoms with Gasteiger partial charge < -0.3 is 0 Å². The maximum atomic E-state index is 9.59. The van der Waals surface area contributed by atoms with Crippen LogP contribution in [0, 0.1) is 24.2 Å². The van der Waals surface area contributed by atoms with Crippen LogP contribution in [0.4, 0.5) is 5.69 Å². The molecule has 21 heavy (non-hydrogen) atoms. The van der Waals surface area contributed by atoms with Crippen molar-refractivity contribution < 1.29 is 0 Å². The predicted molar refractivity (Wildman–Crippen MR) is 82.7 cm³/mol. The highest BCUT2D eigenvalue weighted by Crippen LogP contribution is 2.49. The Labute approximate surface area is 125 Å². The molecule has 2 atom stereocenters. The molecule has 2 heterocycles. The Kier molecular flexibility index (Phi) is 2.80. The largest absolute Gasteiger partial charge is 0.198 e. The molecule has 0 amide bonds. The van der Waals surface area contributed by atoms with E-state index in [4.69, 9.17) is 5.10 Å². The zero-order chi connectivity index (χ0) is 14.4. The molecule has 108 valence electrons. The van der Waals surface area contributed by atoms with Gasteiger partial charge in [-0.3, -0.25) is 0 Å². The zero-order valence-electron chi connectivity index (χ0n) is 12.4. The van der Waals surface area contributed by atoms with Gasteiger partial charge in [0.2, 0.25) is 0 Å². The molecule has 3 aliphatic rings. The van der Waals surface area contributed by atoms with E-state index in [1.165, 1.54) is 24.1 Å². The molecule has 0 unspecified atom stereocenters. The summed E-state index contributed by atoms with van der Waals surface area (Å²) in [7, 11) is 0. The van der Waals surface area contributed by atoms with E-state index in [9.17, 15) is 5.26 Å². The van der Waals surface area contributed by atoms with Gasteiger partial charge in [0, 0.05) is 6.54 Å². The van der Waals surface area contributed by atoms with Crippen LogP contribution in [0.3, 0.4) is 0 Å². The van der Waals surface area contributed by atoms with Crippen LogP contribution in [0.15, 0.2) is 29.4 Å². The van der Waals surface area contributed by atoms with E-state index >= 15 is 0 Å². The summed E-state index contributed by atoms with van der Waals surface area (Å²) in [6.45, 7) is 3.03. The van der Waals surface area contributed by atoms with Crippen molar-refractivity contribution in [1.29, 1.82) is 5.26 Å². The molecule has 0 N–H and O–H groups in total. The Bertz CT molecular complexity index is 627. The number of hydrogen-bond donors (Lipinski definition) is 0. The molecule has 2 aliphatic heterocycles. The van der Waals surface area contributed by atoms with Crippen LogP contribution < -0.4 is 5.12 Å². The Morgan fingerprint density at radius 1 is 1.29 bits per heavy atom. The predicted octanol–water partition coefficient (Wildman–Crippen LogP) is 3.24. The quantitative estimate of drug-likeness (QED) is 0.793. The number of hydrazone groups is 1. The van der Waals surface area contributed by atoms with Gasteiger partial charge in [0.15, 0.2) is 0 Å². The molecule has 1 saturated carbocycles. The van der Waals surface area contributed by atoms with Crippen molar-refractivity contribution in [1.82, 2.24) is 5.01 Å². The first-order chi connectivity index (χ1) is 10.3. The van der Waals surface area contributed by atoms with Crippen molar-refractivity contribution in [2.24, 2.45) is 11.0 Å². The number of hydrazine groups is 1. The molecule has 0 bridgehead atoms. The molecule has 0 radical (unpaired) electrons. The van der Waals surface area contributed by atoms with Gasteiger partial charge in [0.25, 0.3) is 0 Å². The van der Waals surface area contributed by atoms with E-state index in [2.05, 4.69) is 47.4 Å². The minimum atomic E-state index is -0.113. The molecular weight excluding hydrogens is 260 g/mol. The third-order valence-electron chi connectivity index (χ3n) is 5.25. The lowest BCUT2D eigenvalue weighted by atomic mass is 9.73. The first-order valence-corrected chi connectivity index (χ1v) is 7.87. The summed E-state index contributed by atoms with van der Waals surface area (Å²) < 4.78 is 0. The fourth-order valence-corrected chi connectivity index (χ4v) is 4.19. The Hall–Kier alpha value is -1.86. The minimum Gasteiger partial charge on any atom is -0.198 e. The lowest BCUT2D eigenvalue weighted by Gasteiger charge is -2.40. The number of nitrogens with zero attached hydrogens (tertiary/aromatic N) is 4. The van der Waals surface area contributed by atoms with Gasteiger partial charge in [-0.05, 0) is 44.7 Å². The van der Waals surface area contributed by atoms with Crippen molar-refractivity contribution in [3.05, 3.63) is 29.8 Å². The van der Waals surface area contributed by atoms with E-state index in [1.54, 1.807) is 0 Å². The van der Waals surface area contributed by atoms with E-state index in [0.717, 1.165) is 31.5 Å². The van der Waals surface area contributed by atoms with Gasteiger partial charge in [-0.25, -0.2) is 0 Å². The summed E-state index contributed by atoms with van der Waals surface area (Å²) in [5.41, 5.74) is 3.49. The highest BCUT2D eigenvalue weighted by molar-refractivity contribution is 5.98. The molecule has 1 saturated heterocycles. The third kappa shape index (κ3) is 1.67. The van der Waals surface area contributed by atoms with Crippen molar-refractivity contribution in [2.75, 3.05) is 11.7 Å². The molecular formula is C17H20N4. The van der Waals surface area contributed by atoms with Crippen molar-refractivity contribution in [3.8, 4) is 6.07 Å². The van der Waals surface area contributed by atoms with Gasteiger partial charge in [-0.2, -0.15) is 20.5 Å². The lowest BCUT2D eigenvalue weighted by molar-refractivity contribution is 0.170. The van der Waals surface area contributed by atoms with Crippen LogP contribution in [0.1, 0.15) is 37.7 Å². The van der Waals surface area contributed by atoms with Gasteiger partial charge in [-0.15, -0.1) is 0 Å². The summed E-state index contributed by atoms with van der Waals surface area (Å²) in [6, 6.07) is 11.1. The van der Waals surface area contributed by atoms with Gasteiger partial charge in [-0.1, -0.05) is 24.1 Å². The van der Waals surface area contributed by atoms with E-state index in [0.29, 0.717) is 0 Å². The maximum absolute atomic E-state index is 9.59. The summed E-state index contributed by atoms with van der Waals surface area (Å²) in [6.07, 6.45) is 5.48. The van der Waals surface area contributed by atoms with E-state index in [1.807, 2.05) is 0 Å². The van der Waals surface area contributed by atoms with Crippen molar-refractivity contribution in [2.45, 2.75) is 44.6 Å². The Balaban J connectivity index is 1.77. The summed E-state index contributed by atoms with van der Waals surface area (Å²) in [5.74, 6) is 0.0898. The fraction of sp³-hybridized carbons (Fsp3) is 0.529. The van der Waals surface area contributed by atoms with E-state index < -0.39 is 0 Å². The van der Waals surface area contributed by atoms with Crippen molar-refractivity contribution in [3.63, 3.8) is 0 Å². The topological polar surface area (TPSA) is 42.6 Å². The molecule has 1 aliphatic carbocycles. The lowest BCUT2D eigenvalue weighted by Crippen LogP contribution is -2.54. The zero-order valence-corrected chi connectivity index (χ0v) is 12.4. The van der Waals surface area contributed by atoms with Gasteiger partial charge in [0.1, 0.15) is 0 Å². The van der Waals surface area contributed by atoms with Crippen LogP contribution in [0.25, 0.3) is 0 Å². The number of nitriles is 1. The number of hydrogen-bond acceptors (Lipinski definition) is 4. The number of rotatable bonds is 1.